The number of hydrogen-bond acceptors (Lipinski definition) is 2. The first-order chi connectivity index (χ1) is 7.82. The van der Waals surface area contributed by atoms with E-state index in [0.717, 1.165) is 25.7 Å². The average Bonchev–Trinajstić information content (AvgIpc) is 2.27. The summed E-state index contributed by atoms with van der Waals surface area (Å²) in [5.74, 6) is 0.287. The second-order valence-electron chi connectivity index (χ2n) is 6.18. The Balaban J connectivity index is 0.00000289. The summed E-state index contributed by atoms with van der Waals surface area (Å²) < 4.78 is 0. The van der Waals surface area contributed by atoms with Gasteiger partial charge in [-0.15, -0.1) is 0 Å². The minimum atomic E-state index is -0.390. The van der Waals surface area contributed by atoms with Crippen LogP contribution in [0.1, 0.15) is 67.2 Å². The molecule has 3 heteroatoms. The summed E-state index contributed by atoms with van der Waals surface area (Å²) in [5, 5.41) is 2.87. The maximum Gasteiger partial charge on any atom is 0.223 e. The van der Waals surface area contributed by atoms with Crippen molar-refractivity contribution in [1.82, 2.24) is 5.32 Å². The Labute approximate surface area is 112 Å². The molecule has 106 valence electrons. The van der Waals surface area contributed by atoms with E-state index in [1.807, 2.05) is 20.8 Å². The number of ketones is 1. The third-order valence-corrected chi connectivity index (χ3v) is 3.47. The first-order valence-electron chi connectivity index (χ1n) is 6.67. The first kappa shape index (κ1) is 17.1. The van der Waals surface area contributed by atoms with Gasteiger partial charge in [-0.3, -0.25) is 9.59 Å². The lowest BCUT2D eigenvalue weighted by Gasteiger charge is -2.26. The van der Waals surface area contributed by atoms with E-state index in [2.05, 4.69) is 5.32 Å². The Morgan fingerprint density at radius 3 is 2.06 bits per heavy atom. The van der Waals surface area contributed by atoms with E-state index in [4.69, 9.17) is 0 Å². The van der Waals surface area contributed by atoms with Gasteiger partial charge in [-0.2, -0.15) is 0 Å². The normalized spacial score (nSPS) is 18.7. The maximum absolute atomic E-state index is 12.0. The molecule has 3 nitrogen and oxygen atoms in total. The van der Waals surface area contributed by atoms with Crippen molar-refractivity contribution in [2.24, 2.45) is 11.3 Å². The lowest BCUT2D eigenvalue weighted by atomic mass is 9.85. The van der Waals surface area contributed by atoms with Gasteiger partial charge in [0.05, 0.1) is 6.04 Å². The summed E-state index contributed by atoms with van der Waals surface area (Å²) in [4.78, 5) is 23.9. The van der Waals surface area contributed by atoms with E-state index in [0.29, 0.717) is 0 Å². The molecule has 0 aromatic carbocycles. The molecule has 18 heavy (non-hydrogen) atoms. The standard InChI is InChI=1S/C14H25NO2.CH4/c1-10(12(16)14(2,3)4)15-13(17)11-8-6-5-7-9-11;/h10-11H,5-9H2,1-4H3,(H,15,17);1H4. The van der Waals surface area contributed by atoms with Gasteiger partial charge >= 0.3 is 0 Å². The van der Waals surface area contributed by atoms with Crippen molar-refractivity contribution < 1.29 is 9.59 Å². The van der Waals surface area contributed by atoms with Crippen molar-refractivity contribution in [3.8, 4) is 0 Å². The van der Waals surface area contributed by atoms with E-state index in [-0.39, 0.29) is 36.5 Å². The molecule has 1 aliphatic carbocycles. The van der Waals surface area contributed by atoms with Gasteiger partial charge in [-0.1, -0.05) is 47.5 Å². The summed E-state index contributed by atoms with van der Waals surface area (Å²) in [5.41, 5.74) is -0.390. The highest BCUT2D eigenvalue weighted by Crippen LogP contribution is 2.24. The number of hydrogen-bond donors (Lipinski definition) is 1. The molecule has 1 rings (SSSR count). The molecule has 1 amide bonds. The van der Waals surface area contributed by atoms with E-state index in [1.54, 1.807) is 6.92 Å². The second kappa shape index (κ2) is 6.91. The van der Waals surface area contributed by atoms with Crippen molar-refractivity contribution in [3.63, 3.8) is 0 Å². The van der Waals surface area contributed by atoms with Gasteiger partial charge in [0.2, 0.25) is 5.91 Å². The molecule has 1 unspecified atom stereocenters. The van der Waals surface area contributed by atoms with Crippen LogP contribution >= 0.6 is 0 Å². The van der Waals surface area contributed by atoms with Gasteiger partial charge in [0.25, 0.3) is 0 Å². The molecule has 1 atom stereocenters. The van der Waals surface area contributed by atoms with Crippen LogP contribution in [0.15, 0.2) is 0 Å². The average molecular weight is 255 g/mol. The largest absolute Gasteiger partial charge is 0.346 e. The Hall–Kier alpha value is -0.860. The van der Waals surface area contributed by atoms with Crippen LogP contribution < -0.4 is 5.32 Å². The molecule has 1 N–H and O–H groups in total. The number of carbonyl (C=O) groups excluding carboxylic acids is 2. The summed E-state index contributed by atoms with van der Waals surface area (Å²) in [6, 6.07) is -0.371. The topological polar surface area (TPSA) is 46.2 Å². The van der Waals surface area contributed by atoms with Crippen molar-refractivity contribution in [3.05, 3.63) is 0 Å². The third-order valence-electron chi connectivity index (χ3n) is 3.47. The van der Waals surface area contributed by atoms with Crippen LogP contribution in [-0.4, -0.2) is 17.7 Å². The van der Waals surface area contributed by atoms with Crippen molar-refractivity contribution in [2.45, 2.75) is 73.3 Å². The fourth-order valence-corrected chi connectivity index (χ4v) is 2.41. The SMILES string of the molecule is C.CC(NC(=O)C1CCCCC1)C(=O)C(C)(C)C. The Bertz CT molecular complexity index is 285. The van der Waals surface area contributed by atoms with Crippen LogP contribution in [0.4, 0.5) is 0 Å². The van der Waals surface area contributed by atoms with Gasteiger partial charge in [0, 0.05) is 11.3 Å². The lowest BCUT2D eigenvalue weighted by molar-refractivity contribution is -0.133. The predicted molar refractivity (Wildman–Crippen MR) is 75.4 cm³/mol. The molecule has 0 saturated heterocycles. The molecule has 0 aromatic heterocycles. The van der Waals surface area contributed by atoms with E-state index < -0.39 is 0 Å². The molecular formula is C15H29NO2. The number of carbonyl (C=O) groups is 2. The number of nitrogens with one attached hydrogen (secondary N) is 1. The molecular weight excluding hydrogens is 226 g/mol. The zero-order valence-corrected chi connectivity index (χ0v) is 11.5. The highest BCUT2D eigenvalue weighted by Gasteiger charge is 2.29. The molecule has 1 saturated carbocycles. The lowest BCUT2D eigenvalue weighted by Crippen LogP contribution is -2.46. The number of Topliss-reactive ketones (excluding diaryl/α,β-unsaturated/α-hetero) is 1. The molecule has 0 aromatic rings. The van der Waals surface area contributed by atoms with Gasteiger partial charge in [-0.25, -0.2) is 0 Å². The van der Waals surface area contributed by atoms with Crippen LogP contribution in [0.3, 0.4) is 0 Å². The molecule has 0 bridgehead atoms. The van der Waals surface area contributed by atoms with Crippen molar-refractivity contribution in [1.29, 1.82) is 0 Å². The van der Waals surface area contributed by atoms with Crippen LogP contribution in [0.25, 0.3) is 0 Å². The molecule has 0 spiro atoms. The fourth-order valence-electron chi connectivity index (χ4n) is 2.41. The highest BCUT2D eigenvalue weighted by molar-refractivity contribution is 5.92. The minimum absolute atomic E-state index is 0. The number of amides is 1. The summed E-state index contributed by atoms with van der Waals surface area (Å²) in [7, 11) is 0. The van der Waals surface area contributed by atoms with E-state index in [9.17, 15) is 9.59 Å². The van der Waals surface area contributed by atoms with Crippen LogP contribution in [0.2, 0.25) is 0 Å². The third kappa shape index (κ3) is 4.79. The van der Waals surface area contributed by atoms with Gasteiger partial charge in [0.15, 0.2) is 5.78 Å². The maximum atomic E-state index is 12.0. The Morgan fingerprint density at radius 2 is 1.61 bits per heavy atom. The van der Waals surface area contributed by atoms with Crippen LogP contribution in [-0.2, 0) is 9.59 Å². The smallest absolute Gasteiger partial charge is 0.223 e. The van der Waals surface area contributed by atoms with Gasteiger partial charge in [-0.05, 0) is 19.8 Å². The Morgan fingerprint density at radius 1 is 1.11 bits per heavy atom. The quantitative estimate of drug-likeness (QED) is 0.841. The van der Waals surface area contributed by atoms with Crippen molar-refractivity contribution in [2.75, 3.05) is 0 Å². The second-order valence-corrected chi connectivity index (χ2v) is 6.18. The Kier molecular flexibility index (Phi) is 6.58. The van der Waals surface area contributed by atoms with Crippen LogP contribution in [0.5, 0.6) is 0 Å². The predicted octanol–water partition coefficient (Wildman–Crippen LogP) is 3.32. The molecule has 0 heterocycles. The van der Waals surface area contributed by atoms with Gasteiger partial charge in [0.1, 0.15) is 0 Å². The summed E-state index contributed by atoms with van der Waals surface area (Å²) >= 11 is 0. The monoisotopic (exact) mass is 255 g/mol. The van der Waals surface area contributed by atoms with E-state index in [1.165, 1.54) is 6.42 Å². The van der Waals surface area contributed by atoms with Gasteiger partial charge < -0.3 is 5.32 Å². The zero-order chi connectivity index (χ0) is 13.1. The summed E-state index contributed by atoms with van der Waals surface area (Å²) in [6.45, 7) is 7.45. The van der Waals surface area contributed by atoms with E-state index >= 15 is 0 Å². The highest BCUT2D eigenvalue weighted by atomic mass is 16.2. The van der Waals surface area contributed by atoms with Crippen molar-refractivity contribution >= 4 is 11.7 Å². The van der Waals surface area contributed by atoms with Crippen LogP contribution in [0, 0.1) is 11.3 Å². The molecule has 0 radical (unpaired) electrons. The molecule has 1 aliphatic rings. The fraction of sp³-hybridized carbons (Fsp3) is 0.867. The minimum Gasteiger partial charge on any atom is -0.346 e. The number of rotatable bonds is 3. The first-order valence-corrected chi connectivity index (χ1v) is 6.67. The molecule has 0 aliphatic heterocycles. The summed E-state index contributed by atoms with van der Waals surface area (Å²) in [6.07, 6.45) is 5.46. The zero-order valence-electron chi connectivity index (χ0n) is 11.5. The molecule has 1 fully saturated rings.